The summed E-state index contributed by atoms with van der Waals surface area (Å²) >= 11 is 0. The lowest BCUT2D eigenvalue weighted by Crippen LogP contribution is -2.51. The fourth-order valence-corrected chi connectivity index (χ4v) is 8.22. The van der Waals surface area contributed by atoms with Gasteiger partial charge in [-0.05, 0) is 91.5 Å². The Hall–Kier alpha value is -2.76. The van der Waals surface area contributed by atoms with E-state index in [1.807, 2.05) is 0 Å². The summed E-state index contributed by atoms with van der Waals surface area (Å²) in [6.45, 7) is 6.25. The van der Waals surface area contributed by atoms with Gasteiger partial charge in [-0.25, -0.2) is 9.18 Å². The van der Waals surface area contributed by atoms with Gasteiger partial charge in [0, 0.05) is 30.0 Å². The van der Waals surface area contributed by atoms with Crippen LogP contribution in [0.25, 0.3) is 11.3 Å². The lowest BCUT2D eigenvalue weighted by atomic mass is 9.48. The number of hydrogen-bond acceptors (Lipinski definition) is 4. The molecule has 5 nitrogen and oxygen atoms in total. The van der Waals surface area contributed by atoms with Crippen molar-refractivity contribution in [2.45, 2.75) is 77.2 Å². The van der Waals surface area contributed by atoms with Crippen LogP contribution < -0.4 is 5.69 Å². The first-order chi connectivity index (χ1) is 16.7. The minimum atomic E-state index is -0.325. The van der Waals surface area contributed by atoms with Crippen LogP contribution in [0.15, 0.2) is 40.7 Å². The van der Waals surface area contributed by atoms with Gasteiger partial charge in [-0.1, -0.05) is 25.5 Å². The van der Waals surface area contributed by atoms with E-state index in [-0.39, 0.29) is 34.4 Å². The molecule has 1 heterocycles. The summed E-state index contributed by atoms with van der Waals surface area (Å²) in [7, 11) is 0. The second-order valence-corrected chi connectivity index (χ2v) is 11.6. The number of aromatic nitrogens is 2. The number of nitrogens with zero attached hydrogens (tertiary/aromatic N) is 1. The van der Waals surface area contributed by atoms with Gasteiger partial charge in [0.25, 0.3) is 0 Å². The minimum absolute atomic E-state index is 0.00221. The zero-order chi connectivity index (χ0) is 24.5. The summed E-state index contributed by atoms with van der Waals surface area (Å²) in [5, 5.41) is 0. The molecular weight excluding hydrogens is 443 g/mol. The number of carbonyl (C=O) groups is 1. The highest BCUT2D eigenvalue weighted by molar-refractivity contribution is 5.66. The molecule has 0 aliphatic heterocycles. The topological polar surface area (TPSA) is 72.1 Å². The molecule has 2 aromatic rings. The van der Waals surface area contributed by atoms with E-state index in [2.05, 4.69) is 29.9 Å². The van der Waals surface area contributed by atoms with Crippen LogP contribution >= 0.6 is 0 Å². The van der Waals surface area contributed by atoms with E-state index >= 15 is 0 Å². The number of carbonyl (C=O) groups excluding carboxylic acids is 1. The molecular formula is C29H33FN2O3. The maximum absolute atomic E-state index is 13.6. The summed E-state index contributed by atoms with van der Waals surface area (Å²) in [5.74, 6) is 1.06. The van der Waals surface area contributed by atoms with E-state index in [1.54, 1.807) is 12.1 Å². The Morgan fingerprint density at radius 2 is 1.83 bits per heavy atom. The molecule has 0 saturated heterocycles. The van der Waals surface area contributed by atoms with E-state index in [1.165, 1.54) is 24.6 Å². The van der Waals surface area contributed by atoms with E-state index in [0.717, 1.165) is 61.8 Å². The fraction of sp³-hybridized carbons (Fsp3) is 0.552. The number of benzene rings is 1. The number of aromatic amines is 1. The molecule has 2 saturated carbocycles. The smallest absolute Gasteiger partial charge is 0.345 e. The average Bonchev–Trinajstić information content (AvgIpc) is 3.11. The molecule has 6 rings (SSSR count). The molecule has 6 atom stereocenters. The number of rotatable bonds is 2. The summed E-state index contributed by atoms with van der Waals surface area (Å²) in [6, 6.07) is 6.32. The molecule has 4 aliphatic carbocycles. The quantitative estimate of drug-likeness (QED) is 0.460. The molecule has 1 N–H and O–H groups in total. The predicted octanol–water partition coefficient (Wildman–Crippen LogP) is 5.48. The minimum Gasteiger partial charge on any atom is -0.462 e. The molecule has 1 aromatic carbocycles. The van der Waals surface area contributed by atoms with Gasteiger partial charge in [-0.3, -0.25) is 4.79 Å². The van der Waals surface area contributed by atoms with Crippen LogP contribution in [0, 0.1) is 29.0 Å². The van der Waals surface area contributed by atoms with Crippen LogP contribution in [-0.2, 0) is 21.4 Å². The number of H-pyrrole nitrogens is 1. The second-order valence-electron chi connectivity index (χ2n) is 11.6. The van der Waals surface area contributed by atoms with Crippen molar-refractivity contribution in [1.82, 2.24) is 9.97 Å². The third-order valence-corrected chi connectivity index (χ3v) is 9.93. The summed E-state index contributed by atoms with van der Waals surface area (Å²) in [6.07, 6.45) is 9.34. The number of hydrogen-bond donors (Lipinski definition) is 1. The third-order valence-electron chi connectivity index (χ3n) is 9.93. The molecule has 0 spiro atoms. The van der Waals surface area contributed by atoms with Gasteiger partial charge in [-0.2, -0.15) is 4.98 Å². The SMILES string of the molecule is CC(=O)O[C@H]1CC[C@@]2(C)C(=CC[C@@H]3[C@@H]2CC[C@]2(C)c4[nH]c(=O)nc(-c5ccc(F)cc5)c4C[C@@H]32)C1. The van der Waals surface area contributed by atoms with Crippen LogP contribution in [-0.4, -0.2) is 22.0 Å². The van der Waals surface area contributed by atoms with Crippen molar-refractivity contribution in [3.05, 3.63) is 63.5 Å². The molecule has 2 fully saturated rings. The van der Waals surface area contributed by atoms with Crippen LogP contribution in [0.3, 0.4) is 0 Å². The first-order valence-corrected chi connectivity index (χ1v) is 13.0. The first kappa shape index (κ1) is 22.7. The zero-order valence-electron chi connectivity index (χ0n) is 20.7. The number of allylic oxidation sites excluding steroid dienone is 1. The van der Waals surface area contributed by atoms with E-state index in [0.29, 0.717) is 23.4 Å². The van der Waals surface area contributed by atoms with Gasteiger partial charge in [-0.15, -0.1) is 0 Å². The number of fused-ring (bicyclic) bond motifs is 7. The van der Waals surface area contributed by atoms with E-state index in [4.69, 9.17) is 4.74 Å². The monoisotopic (exact) mass is 476 g/mol. The van der Waals surface area contributed by atoms with Gasteiger partial charge >= 0.3 is 11.7 Å². The summed E-state index contributed by atoms with van der Waals surface area (Å²) in [5.41, 5.74) is 4.86. The molecule has 184 valence electrons. The van der Waals surface area contributed by atoms with Gasteiger partial charge < -0.3 is 9.72 Å². The maximum Gasteiger partial charge on any atom is 0.345 e. The van der Waals surface area contributed by atoms with Crippen molar-refractivity contribution in [1.29, 1.82) is 0 Å². The molecule has 0 unspecified atom stereocenters. The van der Waals surface area contributed by atoms with Gasteiger partial charge in [0.2, 0.25) is 0 Å². The Kier molecular flexibility index (Phi) is 5.10. The molecule has 4 aliphatic rings. The van der Waals surface area contributed by atoms with Crippen LogP contribution in [0.2, 0.25) is 0 Å². The number of nitrogens with one attached hydrogen (secondary N) is 1. The maximum atomic E-state index is 13.6. The average molecular weight is 477 g/mol. The largest absolute Gasteiger partial charge is 0.462 e. The highest BCUT2D eigenvalue weighted by Gasteiger charge is 2.58. The second kappa shape index (κ2) is 7.87. The number of ether oxygens (including phenoxy) is 1. The van der Waals surface area contributed by atoms with Crippen molar-refractivity contribution in [2.24, 2.45) is 23.2 Å². The summed E-state index contributed by atoms with van der Waals surface area (Å²) in [4.78, 5) is 31.7. The van der Waals surface area contributed by atoms with Gasteiger partial charge in [0.05, 0.1) is 5.69 Å². The van der Waals surface area contributed by atoms with Crippen molar-refractivity contribution in [3.8, 4) is 11.3 Å². The highest BCUT2D eigenvalue weighted by atomic mass is 19.1. The standard InChI is InChI=1S/C29H33FN2O3/c1-16(33)35-20-10-12-28(2)18(14-20)6-9-21-23(28)11-13-29(3)24(21)15-22-25(31-27(34)32-26(22)29)17-4-7-19(30)8-5-17/h4-8,20-21,23-24H,9-15H2,1-3H3,(H,31,32,34)/t20-,21+,23-,24-,28-,29-/m0/s1. The zero-order valence-corrected chi connectivity index (χ0v) is 20.7. The van der Waals surface area contributed by atoms with Crippen LogP contribution in [0.5, 0.6) is 0 Å². The summed E-state index contributed by atoms with van der Waals surface area (Å²) < 4.78 is 19.2. The number of esters is 1. The van der Waals surface area contributed by atoms with Crippen molar-refractivity contribution >= 4 is 5.97 Å². The molecule has 1 aromatic heterocycles. The van der Waals surface area contributed by atoms with Crippen molar-refractivity contribution in [3.63, 3.8) is 0 Å². The Labute approximate surface area is 205 Å². The van der Waals surface area contributed by atoms with E-state index in [9.17, 15) is 14.0 Å². The predicted molar refractivity (Wildman–Crippen MR) is 131 cm³/mol. The highest BCUT2D eigenvalue weighted by Crippen LogP contribution is 2.64. The Balaban J connectivity index is 1.36. The molecule has 0 amide bonds. The lowest BCUT2D eigenvalue weighted by Gasteiger charge is -2.57. The molecule has 6 heteroatoms. The van der Waals surface area contributed by atoms with Gasteiger partial charge in [0.1, 0.15) is 11.9 Å². The fourth-order valence-electron chi connectivity index (χ4n) is 8.22. The van der Waals surface area contributed by atoms with Crippen LogP contribution in [0.4, 0.5) is 4.39 Å². The van der Waals surface area contributed by atoms with Crippen LogP contribution in [0.1, 0.15) is 70.6 Å². The Morgan fingerprint density at radius 3 is 2.57 bits per heavy atom. The molecule has 0 radical (unpaired) electrons. The van der Waals surface area contributed by atoms with E-state index < -0.39 is 0 Å². The Morgan fingerprint density at radius 1 is 1.09 bits per heavy atom. The molecule has 35 heavy (non-hydrogen) atoms. The first-order valence-electron chi connectivity index (χ1n) is 13.0. The molecule has 0 bridgehead atoms. The normalized spacial score (nSPS) is 35.3. The third kappa shape index (κ3) is 3.43. The van der Waals surface area contributed by atoms with Crippen molar-refractivity contribution in [2.75, 3.05) is 0 Å². The lowest BCUT2D eigenvalue weighted by molar-refractivity contribution is -0.148. The number of halogens is 1. The van der Waals surface area contributed by atoms with Crippen molar-refractivity contribution < 1.29 is 13.9 Å². The van der Waals surface area contributed by atoms with Gasteiger partial charge in [0.15, 0.2) is 0 Å². The Bertz CT molecular complexity index is 1280.